The van der Waals surface area contributed by atoms with Crippen molar-refractivity contribution in [1.82, 2.24) is 0 Å². The number of rotatable bonds is 5. The zero-order valence-corrected chi connectivity index (χ0v) is 9.96. The van der Waals surface area contributed by atoms with Crippen LogP contribution < -0.4 is 5.32 Å². The molecule has 0 radical (unpaired) electrons. The van der Waals surface area contributed by atoms with Gasteiger partial charge < -0.3 is 9.84 Å². The number of aromatic carboxylic acids is 1. The van der Waals surface area contributed by atoms with E-state index in [1.54, 1.807) is 0 Å². The molecular weight excluding hydrogens is 275 g/mol. The number of amides is 1. The summed E-state index contributed by atoms with van der Waals surface area (Å²) >= 11 is 0. The molecule has 0 aliphatic heterocycles. The lowest BCUT2D eigenvalue weighted by Crippen LogP contribution is -2.17. The van der Waals surface area contributed by atoms with Crippen LogP contribution in [0.15, 0.2) is 24.8 Å². The van der Waals surface area contributed by atoms with Crippen molar-refractivity contribution >= 4 is 23.4 Å². The average Bonchev–Trinajstić information content (AvgIpc) is 2.37. The SMILES string of the molecule is C=CCOC(=O)Nc1c(C(=O)O)cc(F)cc1[N+](=O)[O-]. The van der Waals surface area contributed by atoms with Crippen LogP contribution in [0.4, 0.5) is 20.6 Å². The van der Waals surface area contributed by atoms with E-state index in [1.807, 2.05) is 5.32 Å². The fraction of sp³-hybridized carbons (Fsp3) is 0.0909. The van der Waals surface area contributed by atoms with Gasteiger partial charge in [0.1, 0.15) is 18.1 Å². The van der Waals surface area contributed by atoms with Crippen LogP contribution in [0, 0.1) is 15.9 Å². The number of nitrogens with zero attached hydrogens (tertiary/aromatic N) is 1. The first-order valence-corrected chi connectivity index (χ1v) is 5.12. The van der Waals surface area contributed by atoms with Crippen LogP contribution in [-0.4, -0.2) is 28.7 Å². The summed E-state index contributed by atoms with van der Waals surface area (Å²) < 4.78 is 17.7. The summed E-state index contributed by atoms with van der Waals surface area (Å²) in [5, 5.41) is 21.6. The summed E-state index contributed by atoms with van der Waals surface area (Å²) in [7, 11) is 0. The molecule has 1 aromatic rings. The van der Waals surface area contributed by atoms with Crippen LogP contribution in [0.2, 0.25) is 0 Å². The van der Waals surface area contributed by atoms with Crippen molar-refractivity contribution in [1.29, 1.82) is 0 Å². The molecule has 0 saturated carbocycles. The number of carboxylic acids is 1. The first-order valence-electron chi connectivity index (χ1n) is 5.12. The molecule has 1 rings (SSSR count). The molecule has 1 amide bonds. The van der Waals surface area contributed by atoms with E-state index in [1.165, 1.54) is 6.08 Å². The molecule has 0 spiro atoms. The van der Waals surface area contributed by atoms with Crippen LogP contribution in [0.1, 0.15) is 10.4 Å². The maximum atomic E-state index is 13.1. The lowest BCUT2D eigenvalue weighted by atomic mass is 10.1. The van der Waals surface area contributed by atoms with Gasteiger partial charge in [-0.1, -0.05) is 12.7 Å². The topological polar surface area (TPSA) is 119 Å². The van der Waals surface area contributed by atoms with Crippen molar-refractivity contribution < 1.29 is 28.7 Å². The second-order valence-electron chi connectivity index (χ2n) is 3.42. The molecule has 0 fully saturated rings. The van der Waals surface area contributed by atoms with Gasteiger partial charge in [-0.2, -0.15) is 0 Å². The van der Waals surface area contributed by atoms with E-state index >= 15 is 0 Å². The molecule has 0 saturated heterocycles. The summed E-state index contributed by atoms with van der Waals surface area (Å²) in [5.74, 6) is -2.74. The lowest BCUT2D eigenvalue weighted by Gasteiger charge is -2.09. The van der Waals surface area contributed by atoms with Gasteiger partial charge in [-0.15, -0.1) is 0 Å². The summed E-state index contributed by atoms with van der Waals surface area (Å²) in [6, 6.07) is 1.05. The molecule has 0 bridgehead atoms. The molecule has 0 unspecified atom stereocenters. The Morgan fingerprint density at radius 3 is 2.70 bits per heavy atom. The lowest BCUT2D eigenvalue weighted by molar-refractivity contribution is -0.384. The standard InChI is InChI=1S/C11H9FN2O6/c1-2-3-20-11(17)13-9-7(10(15)16)4-6(12)5-8(9)14(18)19/h2,4-5H,1,3H2,(H,13,17)(H,15,16). The number of hydrogen-bond donors (Lipinski definition) is 2. The van der Waals surface area contributed by atoms with Gasteiger partial charge in [0, 0.05) is 0 Å². The van der Waals surface area contributed by atoms with E-state index in [4.69, 9.17) is 5.11 Å². The van der Waals surface area contributed by atoms with Crippen LogP contribution in [0.3, 0.4) is 0 Å². The number of nitro benzene ring substituents is 1. The predicted octanol–water partition coefficient (Wildman–Crippen LogP) is 2.17. The van der Waals surface area contributed by atoms with Crippen LogP contribution >= 0.6 is 0 Å². The number of carbonyl (C=O) groups is 2. The third-order valence-electron chi connectivity index (χ3n) is 2.07. The van der Waals surface area contributed by atoms with Gasteiger partial charge in [-0.05, 0) is 6.07 Å². The minimum Gasteiger partial charge on any atom is -0.478 e. The molecular formula is C11H9FN2O6. The normalized spacial score (nSPS) is 9.65. The zero-order chi connectivity index (χ0) is 15.3. The van der Waals surface area contributed by atoms with E-state index in [9.17, 15) is 24.1 Å². The number of nitrogens with one attached hydrogen (secondary N) is 1. The molecule has 106 valence electrons. The van der Waals surface area contributed by atoms with E-state index < -0.39 is 39.7 Å². The second kappa shape index (κ2) is 6.27. The van der Waals surface area contributed by atoms with Gasteiger partial charge in [0.25, 0.3) is 5.69 Å². The van der Waals surface area contributed by atoms with Crippen molar-refractivity contribution in [2.75, 3.05) is 11.9 Å². The monoisotopic (exact) mass is 284 g/mol. The first-order chi connectivity index (χ1) is 9.36. The first kappa shape index (κ1) is 15.1. The Bertz CT molecular complexity index is 551. The predicted molar refractivity (Wildman–Crippen MR) is 65.2 cm³/mol. The quantitative estimate of drug-likeness (QED) is 0.486. The molecule has 0 heterocycles. The largest absolute Gasteiger partial charge is 0.478 e. The average molecular weight is 284 g/mol. The number of hydrogen-bond acceptors (Lipinski definition) is 5. The molecule has 0 aromatic heterocycles. The zero-order valence-electron chi connectivity index (χ0n) is 9.96. The number of anilines is 1. The second-order valence-corrected chi connectivity index (χ2v) is 3.42. The Labute approximate surface area is 111 Å². The highest BCUT2D eigenvalue weighted by Crippen LogP contribution is 2.30. The number of halogens is 1. The van der Waals surface area contributed by atoms with E-state index in [0.29, 0.717) is 12.1 Å². The highest BCUT2D eigenvalue weighted by molar-refractivity contribution is 6.01. The van der Waals surface area contributed by atoms with Gasteiger partial charge in [-0.3, -0.25) is 15.4 Å². The Kier molecular flexibility index (Phi) is 4.73. The molecule has 9 heteroatoms. The summed E-state index contributed by atoms with van der Waals surface area (Å²) in [4.78, 5) is 32.0. The highest BCUT2D eigenvalue weighted by Gasteiger charge is 2.25. The van der Waals surface area contributed by atoms with Crippen LogP contribution in [-0.2, 0) is 4.74 Å². The Hall–Kier alpha value is -2.97. The molecule has 20 heavy (non-hydrogen) atoms. The maximum absolute atomic E-state index is 13.1. The third kappa shape index (κ3) is 3.51. The minimum absolute atomic E-state index is 0.177. The smallest absolute Gasteiger partial charge is 0.412 e. The fourth-order valence-electron chi connectivity index (χ4n) is 1.31. The number of benzene rings is 1. The van der Waals surface area contributed by atoms with Crippen LogP contribution in [0.25, 0.3) is 0 Å². The van der Waals surface area contributed by atoms with Gasteiger partial charge in [-0.25, -0.2) is 14.0 Å². The summed E-state index contributed by atoms with van der Waals surface area (Å²) in [6.45, 7) is 3.11. The van der Waals surface area contributed by atoms with E-state index in [2.05, 4.69) is 11.3 Å². The van der Waals surface area contributed by atoms with Gasteiger partial charge in [0.2, 0.25) is 0 Å². The third-order valence-corrected chi connectivity index (χ3v) is 2.07. The molecule has 0 atom stereocenters. The molecule has 0 aliphatic rings. The van der Waals surface area contributed by atoms with E-state index in [-0.39, 0.29) is 6.61 Å². The summed E-state index contributed by atoms with van der Waals surface area (Å²) in [6.07, 6.45) is 0.124. The molecule has 0 aliphatic carbocycles. The Morgan fingerprint density at radius 2 is 2.20 bits per heavy atom. The number of ether oxygens (including phenoxy) is 1. The number of nitro groups is 1. The van der Waals surface area contributed by atoms with Gasteiger partial charge in [0.05, 0.1) is 16.6 Å². The van der Waals surface area contributed by atoms with Crippen molar-refractivity contribution in [2.24, 2.45) is 0 Å². The maximum Gasteiger partial charge on any atom is 0.412 e. The van der Waals surface area contributed by atoms with Gasteiger partial charge in [0.15, 0.2) is 0 Å². The Balaban J connectivity index is 3.26. The van der Waals surface area contributed by atoms with Gasteiger partial charge >= 0.3 is 12.1 Å². The minimum atomic E-state index is -1.63. The molecule has 2 N–H and O–H groups in total. The number of carboxylic acid groups (broad SMARTS) is 1. The molecule has 1 aromatic carbocycles. The van der Waals surface area contributed by atoms with Crippen molar-refractivity contribution in [3.8, 4) is 0 Å². The molecule has 8 nitrogen and oxygen atoms in total. The number of carbonyl (C=O) groups excluding carboxylic acids is 1. The highest BCUT2D eigenvalue weighted by atomic mass is 19.1. The van der Waals surface area contributed by atoms with Crippen LogP contribution in [0.5, 0.6) is 0 Å². The summed E-state index contributed by atoms with van der Waals surface area (Å²) in [5.41, 5.74) is -2.30. The van der Waals surface area contributed by atoms with Crippen molar-refractivity contribution in [3.05, 3.63) is 46.3 Å². The van der Waals surface area contributed by atoms with Crippen molar-refractivity contribution in [3.63, 3.8) is 0 Å². The van der Waals surface area contributed by atoms with E-state index in [0.717, 1.165) is 0 Å². The Morgan fingerprint density at radius 1 is 1.55 bits per heavy atom. The fourth-order valence-corrected chi connectivity index (χ4v) is 1.31. The van der Waals surface area contributed by atoms with Crippen molar-refractivity contribution in [2.45, 2.75) is 0 Å².